The zero-order chi connectivity index (χ0) is 15.2. The van der Waals surface area contributed by atoms with Crippen molar-refractivity contribution in [2.24, 2.45) is 0 Å². The molecule has 0 spiro atoms. The van der Waals surface area contributed by atoms with Gasteiger partial charge < -0.3 is 13.9 Å². The van der Waals surface area contributed by atoms with Crippen LogP contribution in [0.15, 0.2) is 77.4 Å². The first-order valence-corrected chi connectivity index (χ1v) is 6.78. The Balaban J connectivity index is 1.79. The van der Waals surface area contributed by atoms with Crippen LogP contribution in [0.4, 0.5) is 0 Å². The molecule has 2 aromatic carbocycles. The maximum Gasteiger partial charge on any atom is 0.285 e. The van der Waals surface area contributed by atoms with Gasteiger partial charge in [-0.1, -0.05) is 30.3 Å². The summed E-state index contributed by atoms with van der Waals surface area (Å²) in [4.78, 5) is 0. The summed E-state index contributed by atoms with van der Waals surface area (Å²) in [5.41, 5.74) is 0.701. The van der Waals surface area contributed by atoms with Crippen molar-refractivity contribution in [3.05, 3.63) is 78.6 Å². The molecule has 22 heavy (non-hydrogen) atoms. The molecule has 1 aromatic heterocycles. The Morgan fingerprint density at radius 2 is 1.73 bits per heavy atom. The van der Waals surface area contributed by atoms with Gasteiger partial charge in [0.1, 0.15) is 17.6 Å². The van der Waals surface area contributed by atoms with E-state index in [4.69, 9.17) is 13.9 Å². The molecular formula is C18H13NO3. The smallest absolute Gasteiger partial charge is 0.285 e. The predicted octanol–water partition coefficient (Wildman–Crippen LogP) is 4.72. The first kappa shape index (κ1) is 13.8. The molecule has 0 radical (unpaired) electrons. The quantitative estimate of drug-likeness (QED) is 0.682. The Bertz CT molecular complexity index is 761. The van der Waals surface area contributed by atoms with Crippen LogP contribution in [0, 0.1) is 11.3 Å². The molecular weight excluding hydrogens is 278 g/mol. The summed E-state index contributed by atoms with van der Waals surface area (Å²) in [6.07, 6.45) is 0.740. The maximum atomic E-state index is 9.30. The maximum absolute atomic E-state index is 9.30. The topological polar surface area (TPSA) is 55.4 Å². The lowest BCUT2D eigenvalue weighted by Gasteiger charge is -2.12. The van der Waals surface area contributed by atoms with Crippen molar-refractivity contribution in [1.82, 2.24) is 0 Å². The van der Waals surface area contributed by atoms with E-state index in [-0.39, 0.29) is 0 Å². The van der Waals surface area contributed by atoms with Crippen LogP contribution in [0.25, 0.3) is 0 Å². The van der Waals surface area contributed by atoms with E-state index in [0.717, 1.165) is 5.75 Å². The Labute approximate surface area is 128 Å². The summed E-state index contributed by atoms with van der Waals surface area (Å²) in [6.45, 7) is 0. The SMILES string of the molecule is N#CC(Oc1ccco1)c1cccc(Oc2ccccc2)c1. The van der Waals surface area contributed by atoms with Crippen LogP contribution in [0.1, 0.15) is 11.7 Å². The van der Waals surface area contributed by atoms with Crippen molar-refractivity contribution in [2.45, 2.75) is 6.10 Å². The standard InChI is InChI=1S/C18H13NO3/c19-13-17(22-18-10-5-11-20-18)14-6-4-9-16(12-14)21-15-7-2-1-3-8-15/h1-12,17H. The Morgan fingerprint density at radius 3 is 2.45 bits per heavy atom. The highest BCUT2D eigenvalue weighted by Crippen LogP contribution is 2.27. The van der Waals surface area contributed by atoms with E-state index < -0.39 is 6.10 Å². The fraction of sp³-hybridized carbons (Fsp3) is 0.0556. The monoisotopic (exact) mass is 291 g/mol. The van der Waals surface area contributed by atoms with Gasteiger partial charge in [-0.15, -0.1) is 0 Å². The van der Waals surface area contributed by atoms with E-state index in [1.54, 1.807) is 18.2 Å². The van der Waals surface area contributed by atoms with E-state index in [2.05, 4.69) is 6.07 Å². The third kappa shape index (κ3) is 3.28. The van der Waals surface area contributed by atoms with Crippen molar-refractivity contribution < 1.29 is 13.9 Å². The van der Waals surface area contributed by atoms with Crippen LogP contribution < -0.4 is 9.47 Å². The molecule has 0 fully saturated rings. The Morgan fingerprint density at radius 1 is 0.909 bits per heavy atom. The number of hydrogen-bond acceptors (Lipinski definition) is 4. The average molecular weight is 291 g/mol. The molecule has 0 aliphatic carbocycles. The first-order chi connectivity index (χ1) is 10.8. The predicted molar refractivity (Wildman–Crippen MR) is 80.6 cm³/mol. The number of ether oxygens (including phenoxy) is 2. The molecule has 0 saturated heterocycles. The van der Waals surface area contributed by atoms with Crippen LogP contribution >= 0.6 is 0 Å². The molecule has 4 heteroatoms. The summed E-state index contributed by atoms with van der Waals surface area (Å²) in [7, 11) is 0. The molecule has 3 aromatic rings. The summed E-state index contributed by atoms with van der Waals surface area (Å²) >= 11 is 0. The number of benzene rings is 2. The van der Waals surface area contributed by atoms with E-state index in [1.807, 2.05) is 48.5 Å². The second-order valence-electron chi connectivity index (χ2n) is 4.55. The molecule has 3 rings (SSSR count). The number of para-hydroxylation sites is 1. The molecule has 1 heterocycles. The Kier molecular flexibility index (Phi) is 4.08. The van der Waals surface area contributed by atoms with E-state index in [1.165, 1.54) is 6.26 Å². The number of hydrogen-bond donors (Lipinski definition) is 0. The highest BCUT2D eigenvalue weighted by atomic mass is 16.6. The number of rotatable bonds is 5. The van der Waals surface area contributed by atoms with E-state index in [0.29, 0.717) is 17.3 Å². The summed E-state index contributed by atoms with van der Waals surface area (Å²) in [5.74, 6) is 1.69. The summed E-state index contributed by atoms with van der Waals surface area (Å²) in [6, 6.07) is 22.2. The lowest BCUT2D eigenvalue weighted by molar-refractivity contribution is 0.200. The minimum Gasteiger partial charge on any atom is -0.457 e. The second-order valence-corrected chi connectivity index (χ2v) is 4.55. The van der Waals surface area contributed by atoms with Crippen molar-refractivity contribution >= 4 is 0 Å². The third-order valence-electron chi connectivity index (χ3n) is 2.99. The van der Waals surface area contributed by atoms with Crippen molar-refractivity contribution in [3.8, 4) is 23.5 Å². The Hall–Kier alpha value is -3.19. The van der Waals surface area contributed by atoms with Crippen molar-refractivity contribution in [1.29, 1.82) is 5.26 Å². The van der Waals surface area contributed by atoms with Crippen LogP contribution in [0.2, 0.25) is 0 Å². The van der Waals surface area contributed by atoms with E-state index in [9.17, 15) is 5.26 Å². The highest BCUT2D eigenvalue weighted by molar-refractivity contribution is 5.36. The molecule has 1 atom stereocenters. The average Bonchev–Trinajstić information content (AvgIpc) is 3.07. The lowest BCUT2D eigenvalue weighted by Crippen LogP contribution is -2.04. The van der Waals surface area contributed by atoms with Crippen molar-refractivity contribution in [2.75, 3.05) is 0 Å². The fourth-order valence-electron chi connectivity index (χ4n) is 1.98. The lowest BCUT2D eigenvalue weighted by atomic mass is 10.1. The van der Waals surface area contributed by atoms with Crippen LogP contribution in [0.5, 0.6) is 17.4 Å². The molecule has 0 amide bonds. The number of nitriles is 1. The van der Waals surface area contributed by atoms with Crippen LogP contribution in [-0.4, -0.2) is 0 Å². The molecule has 108 valence electrons. The third-order valence-corrected chi connectivity index (χ3v) is 2.99. The fourth-order valence-corrected chi connectivity index (χ4v) is 1.98. The summed E-state index contributed by atoms with van der Waals surface area (Å²) in [5, 5.41) is 9.30. The van der Waals surface area contributed by atoms with Gasteiger partial charge in [-0.25, -0.2) is 0 Å². The largest absolute Gasteiger partial charge is 0.457 e. The molecule has 4 nitrogen and oxygen atoms in total. The van der Waals surface area contributed by atoms with E-state index >= 15 is 0 Å². The van der Waals surface area contributed by atoms with Gasteiger partial charge >= 0.3 is 0 Å². The van der Waals surface area contributed by atoms with Gasteiger partial charge in [0.05, 0.1) is 6.26 Å². The minimum atomic E-state index is -0.759. The molecule has 0 saturated carbocycles. The number of nitrogens with zero attached hydrogens (tertiary/aromatic N) is 1. The van der Waals surface area contributed by atoms with Gasteiger partial charge in [-0.05, 0) is 30.3 Å². The van der Waals surface area contributed by atoms with Gasteiger partial charge in [-0.2, -0.15) is 5.26 Å². The zero-order valence-corrected chi connectivity index (χ0v) is 11.7. The van der Waals surface area contributed by atoms with Crippen molar-refractivity contribution in [3.63, 3.8) is 0 Å². The van der Waals surface area contributed by atoms with Gasteiger partial charge in [0.2, 0.25) is 6.10 Å². The molecule has 0 aliphatic rings. The molecule has 0 N–H and O–H groups in total. The normalized spacial score (nSPS) is 11.4. The zero-order valence-electron chi connectivity index (χ0n) is 11.7. The van der Waals surface area contributed by atoms with Crippen LogP contribution in [0.3, 0.4) is 0 Å². The molecule has 1 unspecified atom stereocenters. The summed E-state index contributed by atoms with van der Waals surface area (Å²) < 4.78 is 16.4. The highest BCUT2D eigenvalue weighted by Gasteiger charge is 2.14. The van der Waals surface area contributed by atoms with Gasteiger partial charge in [0.25, 0.3) is 5.95 Å². The van der Waals surface area contributed by atoms with Crippen LogP contribution in [-0.2, 0) is 0 Å². The van der Waals surface area contributed by atoms with Gasteiger partial charge in [0.15, 0.2) is 0 Å². The minimum absolute atomic E-state index is 0.306. The van der Waals surface area contributed by atoms with Gasteiger partial charge in [-0.3, -0.25) is 0 Å². The number of furan rings is 1. The first-order valence-electron chi connectivity index (χ1n) is 6.78. The van der Waals surface area contributed by atoms with Gasteiger partial charge in [0, 0.05) is 11.6 Å². The molecule has 0 bridgehead atoms. The molecule has 0 aliphatic heterocycles. The second kappa shape index (κ2) is 6.51.